The lowest BCUT2D eigenvalue weighted by Crippen LogP contribution is -2.26. The van der Waals surface area contributed by atoms with Gasteiger partial charge in [0.1, 0.15) is 23.0 Å². The molecular formula is C27H30N2O9S. The summed E-state index contributed by atoms with van der Waals surface area (Å²) in [7, 11) is 0.610. The number of anilines is 2. The van der Waals surface area contributed by atoms with Crippen molar-refractivity contribution >= 4 is 33.3 Å². The smallest absolute Gasteiger partial charge is 0.344 e. The molecule has 12 heteroatoms. The van der Waals surface area contributed by atoms with E-state index in [1.54, 1.807) is 42.5 Å². The predicted molar refractivity (Wildman–Crippen MR) is 144 cm³/mol. The van der Waals surface area contributed by atoms with E-state index in [0.29, 0.717) is 41.0 Å². The molecule has 39 heavy (non-hydrogen) atoms. The van der Waals surface area contributed by atoms with E-state index in [2.05, 4.69) is 5.32 Å². The van der Waals surface area contributed by atoms with Crippen molar-refractivity contribution in [2.45, 2.75) is 11.8 Å². The van der Waals surface area contributed by atoms with Gasteiger partial charge in [0.2, 0.25) is 0 Å². The number of rotatable bonds is 13. The van der Waals surface area contributed by atoms with Crippen LogP contribution < -0.4 is 28.6 Å². The minimum atomic E-state index is -3.80. The molecule has 208 valence electrons. The number of amides is 1. The third-order valence-electron chi connectivity index (χ3n) is 5.35. The highest BCUT2D eigenvalue weighted by molar-refractivity contribution is 7.92. The average molecular weight is 559 g/mol. The molecule has 3 aromatic rings. The molecule has 0 heterocycles. The van der Waals surface area contributed by atoms with Crippen molar-refractivity contribution in [1.29, 1.82) is 0 Å². The number of methoxy groups -OCH3 is 2. The fraction of sp³-hybridized carbons (Fsp3) is 0.259. The Morgan fingerprint density at radius 1 is 0.795 bits per heavy atom. The molecule has 0 bridgehead atoms. The lowest BCUT2D eigenvalue weighted by molar-refractivity contribution is -0.149. The monoisotopic (exact) mass is 558 g/mol. The van der Waals surface area contributed by atoms with Gasteiger partial charge >= 0.3 is 5.97 Å². The number of hydrogen-bond donors (Lipinski definition) is 1. The van der Waals surface area contributed by atoms with Crippen molar-refractivity contribution in [2.24, 2.45) is 0 Å². The standard InChI is InChI=1S/C27H30N2O9S/c1-5-36-21-10-12-25(13-11-21)39(32,33)29(2)20-6-8-22(9-7-20)37-18-27(31)38-17-26(30)28-19-14-23(34-3)16-24(15-19)35-4/h6-16H,5,17-18H2,1-4H3,(H,28,30). The molecule has 0 saturated carbocycles. The number of carbonyl (C=O) groups excluding carboxylic acids is 2. The van der Waals surface area contributed by atoms with Crippen LogP contribution in [-0.2, 0) is 24.3 Å². The number of sulfonamides is 1. The molecule has 0 saturated heterocycles. The van der Waals surface area contributed by atoms with Crippen LogP contribution in [0.1, 0.15) is 6.92 Å². The van der Waals surface area contributed by atoms with Crippen molar-refractivity contribution in [2.75, 3.05) is 50.7 Å². The van der Waals surface area contributed by atoms with Gasteiger partial charge in [0.25, 0.3) is 15.9 Å². The first kappa shape index (κ1) is 29.1. The second-order valence-corrected chi connectivity index (χ2v) is 9.94. The third kappa shape index (κ3) is 8.01. The van der Waals surface area contributed by atoms with Crippen LogP contribution in [0.2, 0.25) is 0 Å². The van der Waals surface area contributed by atoms with Gasteiger partial charge in [-0.25, -0.2) is 13.2 Å². The molecule has 0 aromatic heterocycles. The molecule has 3 aromatic carbocycles. The lowest BCUT2D eigenvalue weighted by atomic mass is 10.2. The normalized spacial score (nSPS) is 10.8. The summed E-state index contributed by atoms with van der Waals surface area (Å²) in [6.45, 7) is 1.36. The molecule has 0 fully saturated rings. The molecular weight excluding hydrogens is 528 g/mol. The lowest BCUT2D eigenvalue weighted by Gasteiger charge is -2.20. The van der Waals surface area contributed by atoms with E-state index in [1.165, 1.54) is 45.5 Å². The van der Waals surface area contributed by atoms with Crippen LogP contribution in [0.3, 0.4) is 0 Å². The molecule has 11 nitrogen and oxygen atoms in total. The summed E-state index contributed by atoms with van der Waals surface area (Å²) >= 11 is 0. The van der Waals surface area contributed by atoms with Crippen LogP contribution in [-0.4, -0.2) is 61.4 Å². The zero-order valence-electron chi connectivity index (χ0n) is 22.0. The van der Waals surface area contributed by atoms with Crippen LogP contribution >= 0.6 is 0 Å². The first-order chi connectivity index (χ1) is 18.7. The fourth-order valence-corrected chi connectivity index (χ4v) is 4.53. The molecule has 1 amide bonds. The summed E-state index contributed by atoms with van der Waals surface area (Å²) in [5.74, 6) is 0.558. The first-order valence-electron chi connectivity index (χ1n) is 11.8. The minimum Gasteiger partial charge on any atom is -0.497 e. The van der Waals surface area contributed by atoms with E-state index in [0.717, 1.165) is 4.31 Å². The Hall–Kier alpha value is -4.45. The average Bonchev–Trinajstić information content (AvgIpc) is 2.95. The maximum Gasteiger partial charge on any atom is 0.344 e. The van der Waals surface area contributed by atoms with Crippen LogP contribution in [0.25, 0.3) is 0 Å². The second kappa shape index (κ2) is 13.4. The molecule has 0 spiro atoms. The maximum atomic E-state index is 13.0. The SMILES string of the molecule is CCOc1ccc(S(=O)(=O)N(C)c2ccc(OCC(=O)OCC(=O)Nc3cc(OC)cc(OC)c3)cc2)cc1. The van der Waals surface area contributed by atoms with Gasteiger partial charge in [0, 0.05) is 30.9 Å². The number of carbonyl (C=O) groups is 2. The van der Waals surface area contributed by atoms with Gasteiger partial charge < -0.3 is 29.0 Å². The van der Waals surface area contributed by atoms with E-state index < -0.39 is 35.1 Å². The number of ether oxygens (including phenoxy) is 5. The van der Waals surface area contributed by atoms with Gasteiger partial charge in [-0.05, 0) is 55.5 Å². The Bertz CT molecular complexity index is 1350. The summed E-state index contributed by atoms with van der Waals surface area (Å²) in [6.07, 6.45) is 0. The fourth-order valence-electron chi connectivity index (χ4n) is 3.33. The largest absolute Gasteiger partial charge is 0.497 e. The highest BCUT2D eigenvalue weighted by Crippen LogP contribution is 2.27. The van der Waals surface area contributed by atoms with Crippen molar-refractivity contribution < 1.29 is 41.7 Å². The van der Waals surface area contributed by atoms with Crippen molar-refractivity contribution in [3.8, 4) is 23.0 Å². The Balaban J connectivity index is 1.49. The summed E-state index contributed by atoms with van der Waals surface area (Å²) < 4.78 is 53.1. The van der Waals surface area contributed by atoms with Gasteiger partial charge in [-0.3, -0.25) is 9.10 Å². The Morgan fingerprint density at radius 2 is 1.36 bits per heavy atom. The zero-order valence-corrected chi connectivity index (χ0v) is 22.8. The number of nitrogens with zero attached hydrogens (tertiary/aromatic N) is 1. The van der Waals surface area contributed by atoms with Gasteiger partial charge in [0.05, 0.1) is 31.4 Å². The summed E-state index contributed by atoms with van der Waals surface area (Å²) in [5.41, 5.74) is 0.808. The molecule has 0 atom stereocenters. The summed E-state index contributed by atoms with van der Waals surface area (Å²) in [5, 5.41) is 2.59. The predicted octanol–water partition coefficient (Wildman–Crippen LogP) is 3.49. The molecule has 0 radical (unpaired) electrons. The van der Waals surface area contributed by atoms with Crippen LogP contribution in [0.5, 0.6) is 23.0 Å². The van der Waals surface area contributed by atoms with Gasteiger partial charge in [-0.15, -0.1) is 0 Å². The van der Waals surface area contributed by atoms with Crippen molar-refractivity contribution in [1.82, 2.24) is 0 Å². The zero-order chi connectivity index (χ0) is 28.4. The minimum absolute atomic E-state index is 0.117. The second-order valence-electron chi connectivity index (χ2n) is 7.97. The van der Waals surface area contributed by atoms with Crippen LogP contribution in [0, 0.1) is 0 Å². The maximum absolute atomic E-state index is 13.0. The third-order valence-corrected chi connectivity index (χ3v) is 7.15. The Morgan fingerprint density at radius 3 is 1.92 bits per heavy atom. The van der Waals surface area contributed by atoms with E-state index in [-0.39, 0.29) is 4.90 Å². The van der Waals surface area contributed by atoms with E-state index in [1.807, 2.05) is 6.92 Å². The first-order valence-corrected chi connectivity index (χ1v) is 13.2. The van der Waals surface area contributed by atoms with Crippen LogP contribution in [0.4, 0.5) is 11.4 Å². The number of nitrogens with one attached hydrogen (secondary N) is 1. The topological polar surface area (TPSA) is 130 Å². The van der Waals surface area contributed by atoms with Gasteiger partial charge in [0.15, 0.2) is 13.2 Å². The molecule has 0 aliphatic rings. The summed E-state index contributed by atoms with van der Waals surface area (Å²) in [6, 6.07) is 17.1. The number of benzene rings is 3. The van der Waals surface area contributed by atoms with Gasteiger partial charge in [-0.1, -0.05) is 0 Å². The van der Waals surface area contributed by atoms with Gasteiger partial charge in [-0.2, -0.15) is 0 Å². The van der Waals surface area contributed by atoms with Crippen molar-refractivity contribution in [3.63, 3.8) is 0 Å². The molecule has 3 rings (SSSR count). The molecule has 0 aliphatic carbocycles. The van der Waals surface area contributed by atoms with E-state index in [4.69, 9.17) is 23.7 Å². The summed E-state index contributed by atoms with van der Waals surface area (Å²) in [4.78, 5) is 24.3. The van der Waals surface area contributed by atoms with Crippen molar-refractivity contribution in [3.05, 3.63) is 66.7 Å². The highest BCUT2D eigenvalue weighted by Gasteiger charge is 2.21. The highest BCUT2D eigenvalue weighted by atomic mass is 32.2. The molecule has 0 aliphatic heterocycles. The van der Waals surface area contributed by atoms with E-state index >= 15 is 0 Å². The molecule has 0 unspecified atom stereocenters. The quantitative estimate of drug-likeness (QED) is 0.313. The van der Waals surface area contributed by atoms with E-state index in [9.17, 15) is 18.0 Å². The number of esters is 1. The van der Waals surface area contributed by atoms with Crippen LogP contribution in [0.15, 0.2) is 71.6 Å². The molecule has 1 N–H and O–H groups in total. The Kier molecular flexibility index (Phi) is 9.98. The Labute approximate surface area is 227 Å². The number of hydrogen-bond acceptors (Lipinski definition) is 9.